The Bertz CT molecular complexity index is 819. The van der Waals surface area contributed by atoms with Gasteiger partial charge < -0.3 is 15.3 Å². The molecule has 1 aliphatic heterocycles. The number of carbonyl (C=O) groups excluding carboxylic acids is 1. The first-order valence-electron chi connectivity index (χ1n) is 9.15. The Morgan fingerprint density at radius 3 is 2.21 bits per heavy atom. The van der Waals surface area contributed by atoms with Crippen LogP contribution in [0.4, 0.5) is 18.0 Å². The zero-order valence-electron chi connectivity index (χ0n) is 15.6. The van der Waals surface area contributed by atoms with Gasteiger partial charge >= 0.3 is 12.2 Å². The fraction of sp³-hybridized carbons (Fsp3) is 0.381. The van der Waals surface area contributed by atoms with E-state index in [2.05, 4.69) is 5.32 Å². The van der Waals surface area contributed by atoms with Gasteiger partial charge in [0, 0.05) is 13.6 Å². The molecule has 0 bridgehead atoms. The third-order valence-corrected chi connectivity index (χ3v) is 5.44. The van der Waals surface area contributed by atoms with Crippen LogP contribution in [0.3, 0.4) is 0 Å². The largest absolute Gasteiger partial charge is 0.508 e. The number of nitrogens with one attached hydrogen (secondary N) is 1. The summed E-state index contributed by atoms with van der Waals surface area (Å²) in [5, 5.41) is 12.2. The summed E-state index contributed by atoms with van der Waals surface area (Å²) < 4.78 is 38.4. The maximum absolute atomic E-state index is 12.8. The van der Waals surface area contributed by atoms with Gasteiger partial charge in [0.05, 0.1) is 11.1 Å². The second-order valence-corrected chi connectivity index (χ2v) is 7.33. The molecule has 150 valence electrons. The molecule has 2 aromatic carbocycles. The van der Waals surface area contributed by atoms with Crippen LogP contribution in [0.2, 0.25) is 0 Å². The normalized spacial score (nSPS) is 19.7. The van der Waals surface area contributed by atoms with Crippen LogP contribution in [0.5, 0.6) is 5.75 Å². The fourth-order valence-electron chi connectivity index (χ4n) is 3.69. The summed E-state index contributed by atoms with van der Waals surface area (Å²) >= 11 is 0. The lowest BCUT2D eigenvalue weighted by molar-refractivity contribution is -0.137. The third kappa shape index (κ3) is 4.40. The number of carbonyl (C=O) groups is 1. The Hall–Kier alpha value is -2.70. The first-order valence-corrected chi connectivity index (χ1v) is 9.15. The molecule has 0 radical (unpaired) electrons. The smallest absolute Gasteiger partial charge is 0.416 e. The monoisotopic (exact) mass is 392 g/mol. The molecule has 1 unspecified atom stereocenters. The van der Waals surface area contributed by atoms with E-state index in [1.165, 1.54) is 12.1 Å². The molecule has 28 heavy (non-hydrogen) atoms. The molecule has 1 heterocycles. The number of phenols is 1. The number of likely N-dealkylation sites (N-methyl/N-ethyl adjacent to an activating group) is 1. The number of phenolic OH excluding ortho intramolecular Hbond substituents is 1. The Balaban J connectivity index is 1.71. The lowest BCUT2D eigenvalue weighted by Crippen LogP contribution is -2.46. The highest BCUT2D eigenvalue weighted by atomic mass is 19.4. The highest BCUT2D eigenvalue weighted by Gasteiger charge is 2.42. The third-order valence-electron chi connectivity index (χ3n) is 5.44. The molecule has 2 aromatic rings. The number of nitrogens with zero attached hydrogens (tertiary/aromatic N) is 1. The molecule has 0 aliphatic carbocycles. The molecular weight excluding hydrogens is 369 g/mol. The topological polar surface area (TPSA) is 52.6 Å². The minimum absolute atomic E-state index is 0.170. The van der Waals surface area contributed by atoms with E-state index in [0.717, 1.165) is 36.1 Å². The molecule has 0 saturated carbocycles. The number of aromatic hydroxyl groups is 1. The first-order chi connectivity index (χ1) is 13.2. The van der Waals surface area contributed by atoms with Crippen LogP contribution in [-0.4, -0.2) is 35.2 Å². The van der Waals surface area contributed by atoms with Crippen LogP contribution in [0.25, 0.3) is 0 Å². The maximum Gasteiger partial charge on any atom is 0.416 e. The van der Waals surface area contributed by atoms with Crippen LogP contribution in [0.15, 0.2) is 48.5 Å². The summed E-state index contributed by atoms with van der Waals surface area (Å²) in [6.45, 7) is 0.457. The van der Waals surface area contributed by atoms with Gasteiger partial charge in [-0.15, -0.1) is 0 Å². The molecule has 0 spiro atoms. The molecule has 2 N–H and O–H groups in total. The summed E-state index contributed by atoms with van der Waals surface area (Å²) in [5.41, 5.74) is 0.698. The number of aryl methyl sites for hydroxylation is 1. The van der Waals surface area contributed by atoms with Crippen LogP contribution in [0, 0.1) is 0 Å². The van der Waals surface area contributed by atoms with Gasteiger partial charge in [-0.1, -0.05) is 24.3 Å². The highest BCUT2D eigenvalue weighted by molar-refractivity contribution is 5.77. The van der Waals surface area contributed by atoms with Gasteiger partial charge in [0.15, 0.2) is 0 Å². The summed E-state index contributed by atoms with van der Waals surface area (Å²) in [7, 11) is 1.73. The minimum atomic E-state index is -4.36. The predicted octanol–water partition coefficient (Wildman–Crippen LogP) is 4.37. The second kappa shape index (κ2) is 7.73. The molecule has 1 atom stereocenters. The number of urea groups is 1. The van der Waals surface area contributed by atoms with Gasteiger partial charge in [-0.25, -0.2) is 4.79 Å². The van der Waals surface area contributed by atoms with E-state index in [1.54, 1.807) is 24.1 Å². The first kappa shape index (κ1) is 20.0. The number of hydrogen-bond acceptors (Lipinski definition) is 2. The van der Waals surface area contributed by atoms with E-state index in [4.69, 9.17) is 0 Å². The maximum atomic E-state index is 12.8. The van der Waals surface area contributed by atoms with Crippen molar-refractivity contribution in [2.24, 2.45) is 0 Å². The number of amides is 2. The van der Waals surface area contributed by atoms with Crippen molar-refractivity contribution in [3.8, 4) is 5.75 Å². The molecular formula is C21H23F3N2O2. The number of alkyl halides is 3. The van der Waals surface area contributed by atoms with Crippen molar-refractivity contribution in [1.82, 2.24) is 10.2 Å². The quantitative estimate of drug-likeness (QED) is 0.767. The number of hydrogen-bond donors (Lipinski definition) is 2. The predicted molar refractivity (Wildman–Crippen MR) is 100 cm³/mol. The number of rotatable bonds is 6. The van der Waals surface area contributed by atoms with Crippen molar-refractivity contribution in [2.45, 2.75) is 37.4 Å². The van der Waals surface area contributed by atoms with Gasteiger partial charge in [0.1, 0.15) is 5.75 Å². The number of benzene rings is 2. The van der Waals surface area contributed by atoms with E-state index in [-0.39, 0.29) is 11.8 Å². The van der Waals surface area contributed by atoms with Crippen LogP contribution >= 0.6 is 0 Å². The molecule has 1 saturated heterocycles. The van der Waals surface area contributed by atoms with Crippen molar-refractivity contribution in [3.05, 3.63) is 65.2 Å². The number of halogens is 3. The average molecular weight is 392 g/mol. The molecule has 0 aromatic heterocycles. The van der Waals surface area contributed by atoms with Crippen molar-refractivity contribution in [1.29, 1.82) is 0 Å². The lowest BCUT2D eigenvalue weighted by Gasteiger charge is -2.35. The lowest BCUT2D eigenvalue weighted by atomic mass is 9.84. The molecule has 3 rings (SSSR count). The standard InChI is InChI=1S/C21H23F3N2O2/c1-26-19(28)25-14-20(26,12-2-3-15-6-10-18(27)11-7-15)13-16-4-8-17(9-5-16)21(22,23)24/h4-11,27H,2-3,12-14H2,1H3,(H,25,28). The Morgan fingerprint density at radius 1 is 1.07 bits per heavy atom. The van der Waals surface area contributed by atoms with Gasteiger partial charge in [-0.05, 0) is 61.1 Å². The average Bonchev–Trinajstić information content (AvgIpc) is 2.92. The van der Waals surface area contributed by atoms with Gasteiger partial charge in [0.25, 0.3) is 0 Å². The van der Waals surface area contributed by atoms with Gasteiger partial charge in [0.2, 0.25) is 0 Å². The summed E-state index contributed by atoms with van der Waals surface area (Å²) in [6.07, 6.45) is -1.57. The Kier molecular flexibility index (Phi) is 5.54. The Morgan fingerprint density at radius 2 is 1.68 bits per heavy atom. The fourth-order valence-corrected chi connectivity index (χ4v) is 3.69. The second-order valence-electron chi connectivity index (χ2n) is 7.33. The van der Waals surface area contributed by atoms with Crippen LogP contribution in [-0.2, 0) is 19.0 Å². The summed E-state index contributed by atoms with van der Waals surface area (Å²) in [6, 6.07) is 12.0. The zero-order valence-corrected chi connectivity index (χ0v) is 15.6. The van der Waals surface area contributed by atoms with E-state index in [0.29, 0.717) is 19.4 Å². The van der Waals surface area contributed by atoms with Crippen molar-refractivity contribution < 1.29 is 23.1 Å². The van der Waals surface area contributed by atoms with Crippen molar-refractivity contribution in [3.63, 3.8) is 0 Å². The molecule has 2 amide bonds. The van der Waals surface area contributed by atoms with E-state index in [9.17, 15) is 23.1 Å². The minimum Gasteiger partial charge on any atom is -0.508 e. The van der Waals surface area contributed by atoms with Crippen molar-refractivity contribution in [2.75, 3.05) is 13.6 Å². The van der Waals surface area contributed by atoms with Crippen molar-refractivity contribution >= 4 is 6.03 Å². The highest BCUT2D eigenvalue weighted by Crippen LogP contribution is 2.32. The SMILES string of the molecule is CN1C(=O)NCC1(CCCc1ccc(O)cc1)Cc1ccc(C(F)(F)F)cc1. The molecule has 1 aliphatic rings. The van der Waals surface area contributed by atoms with E-state index in [1.807, 2.05) is 12.1 Å². The van der Waals surface area contributed by atoms with Gasteiger partial charge in [-0.2, -0.15) is 13.2 Å². The molecule has 7 heteroatoms. The zero-order chi connectivity index (χ0) is 20.4. The summed E-state index contributed by atoms with van der Waals surface area (Å²) in [5.74, 6) is 0.216. The molecule has 4 nitrogen and oxygen atoms in total. The van der Waals surface area contributed by atoms with E-state index >= 15 is 0 Å². The summed E-state index contributed by atoms with van der Waals surface area (Å²) in [4.78, 5) is 13.7. The molecule has 1 fully saturated rings. The van der Waals surface area contributed by atoms with Crippen LogP contribution < -0.4 is 5.32 Å². The Labute approximate surface area is 162 Å². The van der Waals surface area contributed by atoms with Gasteiger partial charge in [-0.3, -0.25) is 0 Å². The van der Waals surface area contributed by atoms with Crippen LogP contribution in [0.1, 0.15) is 29.5 Å². The van der Waals surface area contributed by atoms with E-state index < -0.39 is 17.3 Å².